The number of carbonyl (C=O) groups is 1. The second kappa shape index (κ2) is 6.97. The zero-order chi connectivity index (χ0) is 17.1. The third kappa shape index (κ3) is 3.89. The zero-order valence-corrected chi connectivity index (χ0v) is 13.6. The number of hydrogen-bond acceptors (Lipinski definition) is 4. The van der Waals surface area contributed by atoms with Crippen LogP contribution in [0, 0.1) is 5.92 Å². The molecule has 1 aliphatic carbocycles. The molecule has 0 saturated heterocycles. The van der Waals surface area contributed by atoms with Gasteiger partial charge in [0.25, 0.3) is 5.56 Å². The Hall–Kier alpha value is -2.47. The molecular formula is C18H21N3O3. The summed E-state index contributed by atoms with van der Waals surface area (Å²) in [4.78, 5) is 25.8. The number of hydrogen-bond donors (Lipinski definition) is 1. The van der Waals surface area contributed by atoms with E-state index in [4.69, 9.17) is 0 Å². The number of aliphatic hydroxyl groups is 1. The van der Waals surface area contributed by atoms with E-state index in [1.54, 1.807) is 13.1 Å². The number of nitrogens with zero attached hydrogens (tertiary/aromatic N) is 3. The standard InChI is InChI=1S/C18H21N3O3/c1-20(11-16(22)14-7-8-14)18(24)12-21-17(23)10-9-15(19-21)13-5-3-2-4-6-13/h2-6,9-10,14,16,22H,7-8,11-12H2,1H3. The Morgan fingerprint density at radius 2 is 2.00 bits per heavy atom. The number of aliphatic hydroxyl groups excluding tert-OH is 1. The molecular weight excluding hydrogens is 306 g/mol. The second-order valence-corrected chi connectivity index (χ2v) is 6.26. The summed E-state index contributed by atoms with van der Waals surface area (Å²) in [7, 11) is 1.64. The monoisotopic (exact) mass is 327 g/mol. The van der Waals surface area contributed by atoms with Gasteiger partial charge in [-0.15, -0.1) is 0 Å². The molecule has 0 aliphatic heterocycles. The normalized spacial score (nSPS) is 15.1. The lowest BCUT2D eigenvalue weighted by Gasteiger charge is -2.21. The molecule has 1 saturated carbocycles. The van der Waals surface area contributed by atoms with E-state index in [-0.39, 0.29) is 24.6 Å². The van der Waals surface area contributed by atoms with Crippen molar-refractivity contribution >= 4 is 5.91 Å². The van der Waals surface area contributed by atoms with Crippen molar-refractivity contribution in [2.45, 2.75) is 25.5 Å². The van der Waals surface area contributed by atoms with Crippen LogP contribution in [-0.4, -0.2) is 45.4 Å². The van der Waals surface area contributed by atoms with E-state index < -0.39 is 6.10 Å². The van der Waals surface area contributed by atoms with Gasteiger partial charge < -0.3 is 10.0 Å². The minimum Gasteiger partial charge on any atom is -0.391 e. The number of carbonyl (C=O) groups excluding carboxylic acids is 1. The zero-order valence-electron chi connectivity index (χ0n) is 13.6. The molecule has 1 aromatic heterocycles. The van der Waals surface area contributed by atoms with Crippen LogP contribution in [0.4, 0.5) is 0 Å². The smallest absolute Gasteiger partial charge is 0.267 e. The van der Waals surface area contributed by atoms with Crippen molar-refractivity contribution in [2.24, 2.45) is 5.92 Å². The van der Waals surface area contributed by atoms with Crippen LogP contribution in [0.2, 0.25) is 0 Å². The first kappa shape index (κ1) is 16.4. The summed E-state index contributed by atoms with van der Waals surface area (Å²) in [5.41, 5.74) is 1.21. The lowest BCUT2D eigenvalue weighted by Crippen LogP contribution is -2.39. The Kier molecular flexibility index (Phi) is 4.76. The summed E-state index contributed by atoms with van der Waals surface area (Å²) in [5, 5.41) is 14.2. The van der Waals surface area contributed by atoms with E-state index in [0.29, 0.717) is 11.6 Å². The van der Waals surface area contributed by atoms with E-state index in [1.807, 2.05) is 30.3 Å². The number of rotatable bonds is 6. The molecule has 1 aromatic carbocycles. The highest BCUT2D eigenvalue weighted by Crippen LogP contribution is 2.32. The summed E-state index contributed by atoms with van der Waals surface area (Å²) in [6.07, 6.45) is 1.55. The van der Waals surface area contributed by atoms with Gasteiger partial charge in [-0.2, -0.15) is 5.10 Å². The van der Waals surface area contributed by atoms with Gasteiger partial charge in [-0.3, -0.25) is 9.59 Å². The van der Waals surface area contributed by atoms with Crippen LogP contribution in [0.1, 0.15) is 12.8 Å². The Morgan fingerprint density at radius 3 is 2.67 bits per heavy atom. The molecule has 3 rings (SSSR count). The summed E-state index contributed by atoms with van der Waals surface area (Å²) >= 11 is 0. The van der Waals surface area contributed by atoms with Crippen molar-refractivity contribution in [1.82, 2.24) is 14.7 Å². The van der Waals surface area contributed by atoms with Gasteiger partial charge in [0.1, 0.15) is 6.54 Å². The number of likely N-dealkylation sites (N-methyl/N-ethyl adjacent to an activating group) is 1. The minimum atomic E-state index is -0.487. The fourth-order valence-corrected chi connectivity index (χ4v) is 2.59. The highest BCUT2D eigenvalue weighted by Gasteiger charge is 2.31. The lowest BCUT2D eigenvalue weighted by atomic mass is 10.1. The van der Waals surface area contributed by atoms with E-state index in [0.717, 1.165) is 18.4 Å². The average Bonchev–Trinajstić information content (AvgIpc) is 3.42. The fourth-order valence-electron chi connectivity index (χ4n) is 2.59. The second-order valence-electron chi connectivity index (χ2n) is 6.26. The molecule has 2 aromatic rings. The predicted octanol–water partition coefficient (Wildman–Crippen LogP) is 1.14. The first-order chi connectivity index (χ1) is 11.5. The molecule has 24 heavy (non-hydrogen) atoms. The Balaban J connectivity index is 1.71. The molecule has 6 nitrogen and oxygen atoms in total. The van der Waals surface area contributed by atoms with E-state index >= 15 is 0 Å². The maximum Gasteiger partial charge on any atom is 0.267 e. The Morgan fingerprint density at radius 1 is 1.29 bits per heavy atom. The highest BCUT2D eigenvalue weighted by molar-refractivity contribution is 5.75. The van der Waals surface area contributed by atoms with E-state index in [1.165, 1.54) is 15.6 Å². The van der Waals surface area contributed by atoms with Crippen LogP contribution in [0.15, 0.2) is 47.3 Å². The van der Waals surface area contributed by atoms with Crippen molar-refractivity contribution in [3.05, 3.63) is 52.8 Å². The summed E-state index contributed by atoms with van der Waals surface area (Å²) < 4.78 is 1.17. The molecule has 0 radical (unpaired) electrons. The number of amides is 1. The van der Waals surface area contributed by atoms with Gasteiger partial charge in [0.05, 0.1) is 11.8 Å². The molecule has 0 spiro atoms. The van der Waals surface area contributed by atoms with Gasteiger partial charge in [-0.05, 0) is 24.8 Å². The molecule has 1 aliphatic rings. The third-order valence-corrected chi connectivity index (χ3v) is 4.27. The van der Waals surface area contributed by atoms with Gasteiger partial charge in [0.15, 0.2) is 0 Å². The van der Waals surface area contributed by atoms with Crippen LogP contribution < -0.4 is 5.56 Å². The molecule has 126 valence electrons. The molecule has 6 heteroatoms. The summed E-state index contributed by atoms with van der Waals surface area (Å²) in [6, 6.07) is 12.6. The maximum absolute atomic E-state index is 12.3. The van der Waals surface area contributed by atoms with Crippen molar-refractivity contribution < 1.29 is 9.90 Å². The first-order valence-electron chi connectivity index (χ1n) is 8.10. The van der Waals surface area contributed by atoms with Crippen LogP contribution in [-0.2, 0) is 11.3 Å². The SMILES string of the molecule is CN(CC(O)C1CC1)C(=O)Cn1nc(-c2ccccc2)ccc1=O. The topological polar surface area (TPSA) is 75.4 Å². The molecule has 1 fully saturated rings. The van der Waals surface area contributed by atoms with Crippen molar-refractivity contribution in [2.75, 3.05) is 13.6 Å². The van der Waals surface area contributed by atoms with Crippen molar-refractivity contribution in [3.8, 4) is 11.3 Å². The summed E-state index contributed by atoms with van der Waals surface area (Å²) in [6.45, 7) is 0.157. The largest absolute Gasteiger partial charge is 0.391 e. The highest BCUT2D eigenvalue weighted by atomic mass is 16.3. The average molecular weight is 327 g/mol. The Bertz CT molecular complexity index is 769. The van der Waals surface area contributed by atoms with Gasteiger partial charge in [0.2, 0.25) is 5.91 Å². The molecule has 0 bridgehead atoms. The number of aromatic nitrogens is 2. The van der Waals surface area contributed by atoms with Crippen LogP contribution >= 0.6 is 0 Å². The third-order valence-electron chi connectivity index (χ3n) is 4.27. The van der Waals surface area contributed by atoms with Crippen molar-refractivity contribution in [3.63, 3.8) is 0 Å². The predicted molar refractivity (Wildman–Crippen MR) is 90.3 cm³/mol. The Labute approximate surface area is 140 Å². The first-order valence-corrected chi connectivity index (χ1v) is 8.10. The molecule has 1 heterocycles. The van der Waals surface area contributed by atoms with Crippen molar-refractivity contribution in [1.29, 1.82) is 0 Å². The molecule has 1 unspecified atom stereocenters. The molecule has 1 N–H and O–H groups in total. The number of benzene rings is 1. The van der Waals surface area contributed by atoms with Crippen LogP contribution in [0.5, 0.6) is 0 Å². The van der Waals surface area contributed by atoms with Gasteiger partial charge in [-0.1, -0.05) is 30.3 Å². The van der Waals surface area contributed by atoms with Crippen LogP contribution in [0.3, 0.4) is 0 Å². The van der Waals surface area contributed by atoms with E-state index in [9.17, 15) is 14.7 Å². The maximum atomic E-state index is 12.3. The summed E-state index contributed by atoms with van der Waals surface area (Å²) in [5.74, 6) is 0.0667. The van der Waals surface area contributed by atoms with Gasteiger partial charge in [-0.25, -0.2) is 4.68 Å². The molecule has 1 atom stereocenters. The van der Waals surface area contributed by atoms with Gasteiger partial charge in [0, 0.05) is 25.2 Å². The van der Waals surface area contributed by atoms with Gasteiger partial charge >= 0.3 is 0 Å². The lowest BCUT2D eigenvalue weighted by molar-refractivity contribution is -0.132. The molecule has 1 amide bonds. The minimum absolute atomic E-state index is 0.132. The fraction of sp³-hybridized carbons (Fsp3) is 0.389. The van der Waals surface area contributed by atoms with Crippen LogP contribution in [0.25, 0.3) is 11.3 Å². The quantitative estimate of drug-likeness (QED) is 0.863. The van der Waals surface area contributed by atoms with E-state index in [2.05, 4.69) is 5.10 Å².